The fraction of sp³-hybridized carbons (Fsp3) is 0.229. The fourth-order valence-electron chi connectivity index (χ4n) is 5.15. The largest absolute Gasteiger partial charge is 0.507 e. The topological polar surface area (TPSA) is 62.6 Å². The van der Waals surface area contributed by atoms with Gasteiger partial charge in [0.1, 0.15) is 22.6 Å². The molecule has 2 heterocycles. The number of unbranched alkanes of at least 4 members (excludes halogenated alkanes) is 2. The molecule has 0 fully saturated rings. The van der Waals surface area contributed by atoms with Crippen molar-refractivity contribution in [2.45, 2.75) is 39.5 Å². The number of nitrogens with zero attached hydrogens (tertiary/aromatic N) is 2. The Balaban J connectivity index is 1.28. The lowest BCUT2D eigenvalue weighted by molar-refractivity contribution is 0.473. The Morgan fingerprint density at radius 3 is 2.15 bits per heavy atom. The molecule has 0 amide bonds. The van der Waals surface area contributed by atoms with E-state index in [0.717, 1.165) is 46.4 Å². The smallest absolute Gasteiger partial charge is 0.231 e. The van der Waals surface area contributed by atoms with Crippen LogP contribution in [-0.2, 0) is 0 Å². The van der Waals surface area contributed by atoms with Crippen molar-refractivity contribution >= 4 is 27.8 Å². The molecule has 6 rings (SSSR count). The average molecular weight is 531 g/mol. The van der Waals surface area contributed by atoms with Crippen molar-refractivity contribution in [2.24, 2.45) is 0 Å². The van der Waals surface area contributed by atoms with E-state index in [1.807, 2.05) is 48.5 Å². The van der Waals surface area contributed by atoms with Gasteiger partial charge in [-0.25, -0.2) is 4.98 Å². The summed E-state index contributed by atoms with van der Waals surface area (Å²) in [5.41, 5.74) is 7.01. The molecule has 0 aliphatic carbocycles. The highest BCUT2D eigenvalue weighted by Gasteiger charge is 2.17. The summed E-state index contributed by atoms with van der Waals surface area (Å²) in [6.07, 6.45) is 4.75. The zero-order valence-corrected chi connectivity index (χ0v) is 23.1. The van der Waals surface area contributed by atoms with E-state index < -0.39 is 0 Å². The predicted octanol–water partition coefficient (Wildman–Crippen LogP) is 9.69. The van der Waals surface area contributed by atoms with Gasteiger partial charge in [0.15, 0.2) is 5.58 Å². The Kier molecular flexibility index (Phi) is 7.28. The van der Waals surface area contributed by atoms with Crippen molar-refractivity contribution in [1.82, 2.24) is 4.98 Å². The third-order valence-corrected chi connectivity index (χ3v) is 7.44. The van der Waals surface area contributed by atoms with Crippen LogP contribution in [0.5, 0.6) is 5.75 Å². The van der Waals surface area contributed by atoms with Crippen LogP contribution in [0.3, 0.4) is 0 Å². The molecule has 1 N–H and O–H groups in total. The van der Waals surface area contributed by atoms with E-state index in [-0.39, 0.29) is 5.75 Å². The molecule has 4 aromatic carbocycles. The second-order valence-electron chi connectivity index (χ2n) is 10.3. The van der Waals surface area contributed by atoms with Crippen LogP contribution in [0.1, 0.15) is 39.5 Å². The number of furan rings is 1. The monoisotopic (exact) mass is 530 g/mol. The SMILES string of the molecule is CCCCN(CCCC)c1ccc(-c2cc3cc(-c4nc5cc(-c6ccccc6)ccc5o4)c(O)cc3o2)cc1. The van der Waals surface area contributed by atoms with Crippen LogP contribution in [0.4, 0.5) is 5.69 Å². The second-order valence-corrected chi connectivity index (χ2v) is 10.3. The average Bonchev–Trinajstić information content (AvgIpc) is 3.61. The van der Waals surface area contributed by atoms with Crippen LogP contribution in [0.25, 0.3) is 56.0 Å². The maximum atomic E-state index is 10.9. The number of aromatic hydroxyl groups is 1. The first-order valence-electron chi connectivity index (χ1n) is 14.2. The minimum atomic E-state index is 0.0704. The summed E-state index contributed by atoms with van der Waals surface area (Å²) in [4.78, 5) is 7.18. The van der Waals surface area contributed by atoms with Gasteiger partial charge in [0.2, 0.25) is 5.89 Å². The van der Waals surface area contributed by atoms with E-state index in [1.165, 1.54) is 31.4 Å². The standard InChI is InChI=1S/C35H34N2O3/c1-3-5-18-37(19-6-4-2)28-15-12-25(13-16-28)33-22-27-20-29(31(38)23-34(27)39-33)35-36-30-21-26(14-17-32(30)40-35)24-10-8-7-9-11-24/h7-17,20-23,38H,3-6,18-19H2,1-2H3. The first-order chi connectivity index (χ1) is 19.6. The first-order valence-corrected chi connectivity index (χ1v) is 14.2. The summed E-state index contributed by atoms with van der Waals surface area (Å²) in [5.74, 6) is 1.21. The first kappa shape index (κ1) is 25.8. The molecule has 0 saturated heterocycles. The van der Waals surface area contributed by atoms with Gasteiger partial charge in [-0.1, -0.05) is 63.1 Å². The number of hydrogen-bond acceptors (Lipinski definition) is 5. The number of phenols is 1. The molecule has 0 radical (unpaired) electrons. The number of benzene rings is 4. The number of aromatic nitrogens is 1. The highest BCUT2D eigenvalue weighted by molar-refractivity contribution is 5.90. The van der Waals surface area contributed by atoms with Gasteiger partial charge in [-0.15, -0.1) is 0 Å². The molecular formula is C35H34N2O3. The van der Waals surface area contributed by atoms with Gasteiger partial charge in [-0.05, 0) is 72.5 Å². The van der Waals surface area contributed by atoms with Crippen LogP contribution >= 0.6 is 0 Å². The van der Waals surface area contributed by atoms with Gasteiger partial charge < -0.3 is 18.8 Å². The number of rotatable bonds is 10. The summed E-state index contributed by atoms with van der Waals surface area (Å²) < 4.78 is 12.2. The van der Waals surface area contributed by atoms with E-state index in [9.17, 15) is 5.11 Å². The summed E-state index contributed by atoms with van der Waals surface area (Å²) in [6, 6.07) is 30.3. The van der Waals surface area contributed by atoms with Gasteiger partial charge >= 0.3 is 0 Å². The third kappa shape index (κ3) is 5.20. The molecule has 0 aliphatic heterocycles. The normalized spacial score (nSPS) is 11.4. The molecule has 0 unspecified atom stereocenters. The highest BCUT2D eigenvalue weighted by Crippen LogP contribution is 2.38. The summed E-state index contributed by atoms with van der Waals surface area (Å²) in [5, 5.41) is 11.8. The zero-order chi connectivity index (χ0) is 27.5. The highest BCUT2D eigenvalue weighted by atomic mass is 16.4. The Morgan fingerprint density at radius 2 is 1.43 bits per heavy atom. The molecule has 0 aliphatic rings. The third-order valence-electron chi connectivity index (χ3n) is 7.44. The Morgan fingerprint density at radius 1 is 0.700 bits per heavy atom. The summed E-state index contributed by atoms with van der Waals surface area (Å²) in [7, 11) is 0. The summed E-state index contributed by atoms with van der Waals surface area (Å²) in [6.45, 7) is 6.62. The molecule has 5 nitrogen and oxygen atoms in total. The fourth-order valence-corrected chi connectivity index (χ4v) is 5.15. The lowest BCUT2D eigenvalue weighted by Crippen LogP contribution is -2.25. The lowest BCUT2D eigenvalue weighted by atomic mass is 10.1. The number of anilines is 1. The molecule has 0 spiro atoms. The van der Waals surface area contributed by atoms with Crippen LogP contribution in [0.15, 0.2) is 99.8 Å². The predicted molar refractivity (Wildman–Crippen MR) is 164 cm³/mol. The van der Waals surface area contributed by atoms with Crippen molar-refractivity contribution in [2.75, 3.05) is 18.0 Å². The van der Waals surface area contributed by atoms with Gasteiger partial charge in [0.05, 0.1) is 5.56 Å². The van der Waals surface area contributed by atoms with Gasteiger partial charge in [0.25, 0.3) is 0 Å². The van der Waals surface area contributed by atoms with Gasteiger partial charge in [-0.2, -0.15) is 0 Å². The summed E-state index contributed by atoms with van der Waals surface area (Å²) >= 11 is 0. The molecule has 2 aromatic heterocycles. The Bertz CT molecular complexity index is 1720. The van der Waals surface area contributed by atoms with E-state index in [2.05, 4.69) is 55.1 Å². The molecule has 0 saturated carbocycles. The minimum Gasteiger partial charge on any atom is -0.507 e. The lowest BCUT2D eigenvalue weighted by Gasteiger charge is -2.24. The molecule has 0 atom stereocenters. The number of fused-ring (bicyclic) bond motifs is 2. The van der Waals surface area contributed by atoms with Gasteiger partial charge in [-0.3, -0.25) is 0 Å². The van der Waals surface area contributed by atoms with Crippen LogP contribution in [0.2, 0.25) is 0 Å². The molecule has 5 heteroatoms. The van der Waals surface area contributed by atoms with Crippen molar-refractivity contribution < 1.29 is 13.9 Å². The van der Waals surface area contributed by atoms with E-state index in [0.29, 0.717) is 22.6 Å². The Hall–Kier alpha value is -4.51. The van der Waals surface area contributed by atoms with Crippen LogP contribution < -0.4 is 4.90 Å². The van der Waals surface area contributed by atoms with Crippen molar-refractivity contribution in [3.05, 3.63) is 91.0 Å². The molecule has 0 bridgehead atoms. The number of phenolic OH excluding ortho intramolecular Hbond substituents is 1. The zero-order valence-electron chi connectivity index (χ0n) is 23.1. The molecular weight excluding hydrogens is 496 g/mol. The van der Waals surface area contributed by atoms with Crippen LogP contribution in [0, 0.1) is 0 Å². The number of oxazole rings is 1. The molecule has 40 heavy (non-hydrogen) atoms. The van der Waals surface area contributed by atoms with E-state index in [1.54, 1.807) is 6.07 Å². The maximum absolute atomic E-state index is 10.9. The molecule has 202 valence electrons. The van der Waals surface area contributed by atoms with Crippen LogP contribution in [-0.4, -0.2) is 23.2 Å². The van der Waals surface area contributed by atoms with Crippen molar-refractivity contribution in [3.63, 3.8) is 0 Å². The molecule has 6 aromatic rings. The number of hydrogen-bond donors (Lipinski definition) is 1. The quantitative estimate of drug-likeness (QED) is 0.191. The van der Waals surface area contributed by atoms with Gasteiger partial charge in [0, 0.05) is 35.8 Å². The maximum Gasteiger partial charge on any atom is 0.231 e. The Labute approximate surface area is 234 Å². The second kappa shape index (κ2) is 11.3. The van der Waals surface area contributed by atoms with E-state index >= 15 is 0 Å². The van der Waals surface area contributed by atoms with Crippen molar-refractivity contribution in [1.29, 1.82) is 0 Å². The van der Waals surface area contributed by atoms with E-state index in [4.69, 9.17) is 13.8 Å². The minimum absolute atomic E-state index is 0.0704. The van der Waals surface area contributed by atoms with Crippen molar-refractivity contribution in [3.8, 4) is 39.7 Å².